The number of benzene rings is 1. The van der Waals surface area contributed by atoms with Gasteiger partial charge >= 0.3 is 5.69 Å². The maximum Gasteiger partial charge on any atom is 0.344 e. The molecule has 0 aliphatic heterocycles. The lowest BCUT2D eigenvalue weighted by atomic mass is 10.1. The molecule has 3 rings (SSSR count). The minimum atomic E-state index is -0.173. The van der Waals surface area contributed by atoms with Crippen LogP contribution in [-0.4, -0.2) is 20.6 Å². The highest BCUT2D eigenvalue weighted by molar-refractivity contribution is 7.99. The Morgan fingerprint density at radius 3 is 2.95 bits per heavy atom. The molecule has 0 radical (unpaired) electrons. The van der Waals surface area contributed by atoms with Crippen LogP contribution in [0.4, 0.5) is 0 Å². The summed E-state index contributed by atoms with van der Waals surface area (Å²) in [7, 11) is 0. The Hall–Kier alpha value is -2.02. The predicted molar refractivity (Wildman–Crippen MR) is 77.4 cm³/mol. The van der Waals surface area contributed by atoms with Crippen LogP contribution in [0, 0.1) is 12.3 Å². The van der Waals surface area contributed by atoms with Crippen LogP contribution >= 0.6 is 11.8 Å². The molecule has 104 valence electrons. The molecule has 2 aromatic rings. The second-order valence-corrected chi connectivity index (χ2v) is 5.86. The van der Waals surface area contributed by atoms with Gasteiger partial charge in [0.25, 0.3) is 0 Å². The third-order valence-electron chi connectivity index (χ3n) is 3.28. The van der Waals surface area contributed by atoms with Crippen molar-refractivity contribution < 1.29 is 0 Å². The molecular weight excluding hydrogens is 274 g/mol. The maximum atomic E-state index is 11.8. The molecule has 1 saturated carbocycles. The molecule has 0 saturated heterocycles. The molecule has 1 heterocycles. The van der Waals surface area contributed by atoms with Crippen molar-refractivity contribution in [2.75, 3.05) is 0 Å². The van der Waals surface area contributed by atoms with E-state index in [0.29, 0.717) is 10.7 Å². The van der Waals surface area contributed by atoms with Crippen LogP contribution in [0.3, 0.4) is 0 Å². The summed E-state index contributed by atoms with van der Waals surface area (Å²) < 4.78 is 1.70. The van der Waals surface area contributed by atoms with E-state index < -0.39 is 0 Å². The van der Waals surface area contributed by atoms with Crippen molar-refractivity contribution in [1.82, 2.24) is 14.8 Å². The Kier molecular flexibility index (Phi) is 3.13. The van der Waals surface area contributed by atoms with Crippen molar-refractivity contribution in [1.29, 1.82) is 5.41 Å². The SMILES string of the molecule is Cc1cccc(C(=N)N)c1Sc1n[nH]c(=O)n1C1CC1. The molecule has 0 unspecified atom stereocenters. The van der Waals surface area contributed by atoms with Crippen molar-refractivity contribution in [3.05, 3.63) is 39.8 Å². The molecule has 1 aromatic carbocycles. The van der Waals surface area contributed by atoms with Crippen molar-refractivity contribution in [2.45, 2.75) is 35.9 Å². The van der Waals surface area contributed by atoms with E-state index in [0.717, 1.165) is 23.3 Å². The first-order chi connectivity index (χ1) is 9.58. The summed E-state index contributed by atoms with van der Waals surface area (Å²) in [6.07, 6.45) is 2.03. The molecule has 0 atom stereocenters. The number of H-pyrrole nitrogens is 1. The Bertz CT molecular complexity index is 729. The van der Waals surface area contributed by atoms with Crippen LogP contribution in [-0.2, 0) is 0 Å². The summed E-state index contributed by atoms with van der Waals surface area (Å²) in [5, 5.41) is 14.9. The van der Waals surface area contributed by atoms with Crippen LogP contribution in [0.25, 0.3) is 0 Å². The first kappa shape index (κ1) is 13.0. The van der Waals surface area contributed by atoms with Crippen molar-refractivity contribution >= 4 is 17.6 Å². The third-order valence-corrected chi connectivity index (χ3v) is 4.50. The van der Waals surface area contributed by atoms with E-state index in [1.807, 2.05) is 25.1 Å². The minimum Gasteiger partial charge on any atom is -0.384 e. The van der Waals surface area contributed by atoms with Gasteiger partial charge in [0.15, 0.2) is 5.16 Å². The highest BCUT2D eigenvalue weighted by Crippen LogP contribution is 2.39. The van der Waals surface area contributed by atoms with Crippen molar-refractivity contribution in [3.8, 4) is 0 Å². The normalized spacial score (nSPS) is 14.4. The van der Waals surface area contributed by atoms with E-state index in [9.17, 15) is 4.79 Å². The number of nitrogens with one attached hydrogen (secondary N) is 2. The van der Waals surface area contributed by atoms with Gasteiger partial charge in [-0.3, -0.25) is 9.98 Å². The molecule has 7 heteroatoms. The first-order valence-corrected chi connectivity index (χ1v) is 7.18. The quantitative estimate of drug-likeness (QED) is 0.588. The smallest absolute Gasteiger partial charge is 0.344 e. The lowest BCUT2D eigenvalue weighted by molar-refractivity contribution is 0.642. The van der Waals surface area contributed by atoms with Crippen LogP contribution < -0.4 is 11.4 Å². The highest BCUT2D eigenvalue weighted by atomic mass is 32.2. The maximum absolute atomic E-state index is 11.8. The van der Waals surface area contributed by atoms with Gasteiger partial charge in [-0.1, -0.05) is 18.2 Å². The zero-order valence-corrected chi connectivity index (χ0v) is 11.8. The second kappa shape index (κ2) is 4.82. The fraction of sp³-hybridized carbons (Fsp3) is 0.308. The molecule has 4 N–H and O–H groups in total. The summed E-state index contributed by atoms with van der Waals surface area (Å²) in [6.45, 7) is 1.96. The Morgan fingerprint density at radius 1 is 1.55 bits per heavy atom. The zero-order valence-electron chi connectivity index (χ0n) is 11.0. The lowest BCUT2D eigenvalue weighted by Gasteiger charge is -2.10. The second-order valence-electron chi connectivity index (χ2n) is 4.88. The predicted octanol–water partition coefficient (Wildman–Crippen LogP) is 1.65. The van der Waals surface area contributed by atoms with E-state index in [-0.39, 0.29) is 17.6 Å². The van der Waals surface area contributed by atoms with Crippen LogP contribution in [0.15, 0.2) is 33.0 Å². The van der Waals surface area contributed by atoms with Gasteiger partial charge in [0.1, 0.15) is 5.84 Å². The van der Waals surface area contributed by atoms with E-state index in [1.54, 1.807) is 4.57 Å². The number of rotatable bonds is 4. The number of aryl methyl sites for hydroxylation is 1. The fourth-order valence-electron chi connectivity index (χ4n) is 2.11. The van der Waals surface area contributed by atoms with E-state index in [1.165, 1.54) is 11.8 Å². The first-order valence-electron chi connectivity index (χ1n) is 6.36. The number of aromatic nitrogens is 3. The van der Waals surface area contributed by atoms with Gasteiger partial charge in [-0.15, -0.1) is 5.10 Å². The molecular formula is C13H15N5OS. The standard InChI is InChI=1S/C13H15N5OS/c1-7-3-2-4-9(11(14)15)10(7)20-13-17-16-12(19)18(13)8-5-6-8/h2-4,8H,5-6H2,1H3,(H3,14,15)(H,16,19). The van der Waals surface area contributed by atoms with E-state index in [2.05, 4.69) is 10.2 Å². The van der Waals surface area contributed by atoms with Gasteiger partial charge in [0, 0.05) is 16.5 Å². The summed E-state index contributed by atoms with van der Waals surface area (Å²) in [4.78, 5) is 12.7. The average Bonchev–Trinajstić information content (AvgIpc) is 3.17. The molecule has 1 aliphatic rings. The number of amidine groups is 1. The van der Waals surface area contributed by atoms with Crippen molar-refractivity contribution in [3.63, 3.8) is 0 Å². The molecule has 1 fully saturated rings. The summed E-state index contributed by atoms with van der Waals surface area (Å²) >= 11 is 1.38. The molecule has 6 nitrogen and oxygen atoms in total. The highest BCUT2D eigenvalue weighted by Gasteiger charge is 2.29. The Labute approximate surface area is 119 Å². The van der Waals surface area contributed by atoms with Crippen LogP contribution in [0.5, 0.6) is 0 Å². The average molecular weight is 289 g/mol. The number of aromatic amines is 1. The largest absolute Gasteiger partial charge is 0.384 e. The topological polar surface area (TPSA) is 101 Å². The van der Waals surface area contributed by atoms with Gasteiger partial charge in [-0.05, 0) is 37.1 Å². The molecule has 0 bridgehead atoms. The molecule has 1 aromatic heterocycles. The third kappa shape index (κ3) is 2.24. The lowest BCUT2D eigenvalue weighted by Crippen LogP contribution is -2.16. The summed E-state index contributed by atoms with van der Waals surface area (Å²) in [6, 6.07) is 5.90. The van der Waals surface area contributed by atoms with Gasteiger partial charge < -0.3 is 5.73 Å². The summed E-state index contributed by atoms with van der Waals surface area (Å²) in [5.41, 5.74) is 7.14. The van der Waals surface area contributed by atoms with Crippen molar-refractivity contribution in [2.24, 2.45) is 5.73 Å². The van der Waals surface area contributed by atoms with Gasteiger partial charge in [0.05, 0.1) is 0 Å². The molecule has 0 spiro atoms. The summed E-state index contributed by atoms with van der Waals surface area (Å²) in [5.74, 6) is 0.0204. The Morgan fingerprint density at radius 2 is 2.30 bits per heavy atom. The van der Waals surface area contributed by atoms with Crippen LogP contribution in [0.2, 0.25) is 0 Å². The molecule has 1 aliphatic carbocycles. The molecule has 20 heavy (non-hydrogen) atoms. The number of nitrogens with two attached hydrogens (primary N) is 1. The Balaban J connectivity index is 2.04. The molecule has 0 amide bonds. The van der Waals surface area contributed by atoms with E-state index >= 15 is 0 Å². The fourth-order valence-corrected chi connectivity index (χ4v) is 3.23. The number of nitrogen functional groups attached to an aromatic ring is 1. The van der Waals surface area contributed by atoms with E-state index in [4.69, 9.17) is 11.1 Å². The number of nitrogens with zero attached hydrogens (tertiary/aromatic N) is 2. The number of hydrogen-bond acceptors (Lipinski definition) is 4. The minimum absolute atomic E-state index is 0.0204. The van der Waals surface area contributed by atoms with Gasteiger partial charge in [-0.25, -0.2) is 9.89 Å². The van der Waals surface area contributed by atoms with Gasteiger partial charge in [0.2, 0.25) is 0 Å². The monoisotopic (exact) mass is 289 g/mol. The zero-order chi connectivity index (χ0) is 14.3. The van der Waals surface area contributed by atoms with Gasteiger partial charge in [-0.2, -0.15) is 0 Å². The number of hydrogen-bond donors (Lipinski definition) is 3. The van der Waals surface area contributed by atoms with Crippen LogP contribution in [0.1, 0.15) is 30.0 Å².